The molecule has 0 saturated heterocycles. The molecular weight excluding hydrogens is 572 g/mol. The summed E-state index contributed by atoms with van der Waals surface area (Å²) in [6.07, 6.45) is 35.5. The van der Waals surface area contributed by atoms with E-state index in [2.05, 4.69) is 54.5 Å². The second-order valence-electron chi connectivity index (χ2n) is 18.8. The molecule has 4 aliphatic rings. The zero-order valence-corrected chi connectivity index (χ0v) is 32.7. The molecule has 0 N–H and O–H groups in total. The SMILES string of the molecule is CC(C)CCCCCCCCCCCCCCC(=O)O[C@H]1CC[C@@]2(C)C(=CC[C@H]3[C@@H]4CC[C@H]([C@H](C)CCCC(C)C)[C@@]4(C)CC[C@@H]32)C1. The summed E-state index contributed by atoms with van der Waals surface area (Å²) in [7, 11) is 0. The van der Waals surface area contributed by atoms with Gasteiger partial charge < -0.3 is 4.74 Å². The van der Waals surface area contributed by atoms with E-state index in [0.29, 0.717) is 17.3 Å². The number of rotatable bonds is 21. The van der Waals surface area contributed by atoms with Crippen LogP contribution in [-0.2, 0) is 9.53 Å². The zero-order chi connectivity index (χ0) is 33.9. The van der Waals surface area contributed by atoms with Gasteiger partial charge in [-0.1, -0.05) is 156 Å². The van der Waals surface area contributed by atoms with Crippen LogP contribution < -0.4 is 0 Å². The summed E-state index contributed by atoms with van der Waals surface area (Å²) in [5.41, 5.74) is 2.54. The number of hydrogen-bond acceptors (Lipinski definition) is 2. The third kappa shape index (κ3) is 10.8. The minimum atomic E-state index is 0.0641. The molecule has 0 aromatic rings. The summed E-state index contributed by atoms with van der Waals surface area (Å²) in [5.74, 6) is 6.20. The molecule has 0 spiro atoms. The number of hydrogen-bond donors (Lipinski definition) is 0. The van der Waals surface area contributed by atoms with Crippen LogP contribution in [0.4, 0.5) is 0 Å². The van der Waals surface area contributed by atoms with Gasteiger partial charge in [-0.2, -0.15) is 0 Å². The fourth-order valence-electron chi connectivity index (χ4n) is 11.6. The van der Waals surface area contributed by atoms with Crippen molar-refractivity contribution >= 4 is 5.97 Å². The first-order chi connectivity index (χ1) is 22.5. The summed E-state index contributed by atoms with van der Waals surface area (Å²) >= 11 is 0. The van der Waals surface area contributed by atoms with Crippen molar-refractivity contribution in [3.8, 4) is 0 Å². The lowest BCUT2D eigenvalue weighted by Crippen LogP contribution is -2.51. The largest absolute Gasteiger partial charge is 0.462 e. The maximum atomic E-state index is 12.8. The van der Waals surface area contributed by atoms with Crippen LogP contribution in [-0.4, -0.2) is 12.1 Å². The molecule has 4 aliphatic carbocycles. The second kappa shape index (κ2) is 19.0. The van der Waals surface area contributed by atoms with Crippen LogP contribution in [0.3, 0.4) is 0 Å². The van der Waals surface area contributed by atoms with Gasteiger partial charge in [-0.3, -0.25) is 4.79 Å². The number of esters is 1. The molecule has 272 valence electrons. The highest BCUT2D eigenvalue weighted by Gasteiger charge is 2.59. The fraction of sp³-hybridized carbons (Fsp3) is 0.933. The van der Waals surface area contributed by atoms with Gasteiger partial charge in [0.2, 0.25) is 0 Å². The van der Waals surface area contributed by atoms with Crippen molar-refractivity contribution in [3.63, 3.8) is 0 Å². The number of allylic oxidation sites excluding steroid dienone is 1. The van der Waals surface area contributed by atoms with E-state index < -0.39 is 0 Å². The Bertz CT molecular complexity index is 948. The molecule has 0 aromatic heterocycles. The first-order valence-electron chi connectivity index (χ1n) is 21.4. The van der Waals surface area contributed by atoms with E-state index in [0.717, 1.165) is 60.7 Å². The van der Waals surface area contributed by atoms with E-state index in [1.807, 2.05) is 0 Å². The van der Waals surface area contributed by atoms with E-state index in [1.54, 1.807) is 5.57 Å². The predicted molar refractivity (Wildman–Crippen MR) is 202 cm³/mol. The first kappa shape index (κ1) is 39.0. The van der Waals surface area contributed by atoms with Crippen molar-refractivity contribution in [1.82, 2.24) is 0 Å². The molecule has 0 bridgehead atoms. The van der Waals surface area contributed by atoms with Gasteiger partial charge in [-0.05, 0) is 104 Å². The van der Waals surface area contributed by atoms with Crippen LogP contribution in [0.5, 0.6) is 0 Å². The van der Waals surface area contributed by atoms with E-state index in [1.165, 1.54) is 135 Å². The molecule has 0 aliphatic heterocycles. The van der Waals surface area contributed by atoms with Gasteiger partial charge in [-0.25, -0.2) is 0 Å². The maximum Gasteiger partial charge on any atom is 0.306 e. The number of fused-ring (bicyclic) bond motifs is 5. The van der Waals surface area contributed by atoms with Crippen molar-refractivity contribution in [2.45, 2.75) is 215 Å². The maximum absolute atomic E-state index is 12.8. The van der Waals surface area contributed by atoms with Crippen LogP contribution >= 0.6 is 0 Å². The predicted octanol–water partition coefficient (Wildman–Crippen LogP) is 14.1. The molecule has 2 heteroatoms. The van der Waals surface area contributed by atoms with Crippen molar-refractivity contribution in [2.75, 3.05) is 0 Å². The van der Waals surface area contributed by atoms with Crippen molar-refractivity contribution in [1.29, 1.82) is 0 Å². The highest BCUT2D eigenvalue weighted by atomic mass is 16.5. The molecule has 0 amide bonds. The standard InChI is InChI=1S/C45H80O2/c1-34(2)21-18-16-14-12-10-8-9-11-13-15-17-19-24-43(46)47-38-29-31-44(6)37(33-38)25-26-39-41-28-27-40(36(5)23-20-22-35(3)4)45(41,7)32-30-42(39)44/h25,34-36,38-42H,8-24,26-33H2,1-7H3/t36-,38+,39+,40-,41+,42+,44+,45-/m1/s1. The Morgan fingerprint density at radius 1 is 0.702 bits per heavy atom. The summed E-state index contributed by atoms with van der Waals surface area (Å²) in [6, 6.07) is 0. The van der Waals surface area contributed by atoms with Gasteiger partial charge in [-0.15, -0.1) is 0 Å². The number of ether oxygens (including phenoxy) is 1. The number of carbonyl (C=O) groups excluding carboxylic acids is 1. The molecule has 0 aromatic carbocycles. The lowest BCUT2D eigenvalue weighted by Gasteiger charge is -2.58. The lowest BCUT2D eigenvalue weighted by atomic mass is 9.47. The van der Waals surface area contributed by atoms with Crippen molar-refractivity contribution in [3.05, 3.63) is 11.6 Å². The Morgan fingerprint density at radius 2 is 1.30 bits per heavy atom. The molecule has 3 fully saturated rings. The average molecular weight is 653 g/mol. The summed E-state index contributed by atoms with van der Waals surface area (Å²) in [5, 5.41) is 0. The van der Waals surface area contributed by atoms with Crippen LogP contribution in [0.25, 0.3) is 0 Å². The van der Waals surface area contributed by atoms with Crippen molar-refractivity contribution in [2.24, 2.45) is 52.3 Å². The first-order valence-corrected chi connectivity index (χ1v) is 21.4. The Labute approximate surface area is 293 Å². The highest BCUT2D eigenvalue weighted by Crippen LogP contribution is 2.67. The minimum Gasteiger partial charge on any atom is -0.462 e. The van der Waals surface area contributed by atoms with Crippen molar-refractivity contribution < 1.29 is 9.53 Å². The summed E-state index contributed by atoms with van der Waals surface area (Å²) in [6.45, 7) is 17.3. The topological polar surface area (TPSA) is 26.3 Å². The van der Waals surface area contributed by atoms with Gasteiger partial charge >= 0.3 is 5.97 Å². The molecule has 3 saturated carbocycles. The highest BCUT2D eigenvalue weighted by molar-refractivity contribution is 5.69. The third-order valence-corrected chi connectivity index (χ3v) is 14.5. The smallest absolute Gasteiger partial charge is 0.306 e. The molecule has 4 rings (SSSR count). The summed E-state index contributed by atoms with van der Waals surface area (Å²) < 4.78 is 6.13. The molecule has 47 heavy (non-hydrogen) atoms. The monoisotopic (exact) mass is 653 g/mol. The zero-order valence-electron chi connectivity index (χ0n) is 32.7. The molecule has 0 radical (unpaired) electrons. The molecular formula is C45H80O2. The van der Waals surface area contributed by atoms with E-state index in [9.17, 15) is 4.79 Å². The minimum absolute atomic E-state index is 0.0641. The van der Waals surface area contributed by atoms with Crippen LogP contribution in [0, 0.1) is 52.3 Å². The fourth-order valence-corrected chi connectivity index (χ4v) is 11.6. The van der Waals surface area contributed by atoms with Crippen LogP contribution in [0.1, 0.15) is 209 Å². The Hall–Kier alpha value is -0.790. The normalized spacial score (nSPS) is 32.5. The molecule has 0 heterocycles. The van der Waals surface area contributed by atoms with E-state index in [4.69, 9.17) is 4.74 Å². The van der Waals surface area contributed by atoms with Gasteiger partial charge in [0, 0.05) is 12.8 Å². The molecule has 2 nitrogen and oxygen atoms in total. The Morgan fingerprint density at radius 3 is 1.94 bits per heavy atom. The van der Waals surface area contributed by atoms with Crippen LogP contribution in [0.2, 0.25) is 0 Å². The molecule has 0 unspecified atom stereocenters. The number of unbranched alkanes of at least 4 members (excludes halogenated alkanes) is 11. The Balaban J connectivity index is 1.11. The summed E-state index contributed by atoms with van der Waals surface area (Å²) in [4.78, 5) is 12.8. The third-order valence-electron chi connectivity index (χ3n) is 14.5. The Kier molecular flexibility index (Phi) is 15.8. The number of carbonyl (C=O) groups is 1. The quantitative estimate of drug-likeness (QED) is 0.0700. The van der Waals surface area contributed by atoms with Gasteiger partial charge in [0.1, 0.15) is 6.10 Å². The second-order valence-corrected chi connectivity index (χ2v) is 18.8. The average Bonchev–Trinajstić information content (AvgIpc) is 3.38. The lowest BCUT2D eigenvalue weighted by molar-refractivity contribution is -0.151. The van der Waals surface area contributed by atoms with Gasteiger partial charge in [0.25, 0.3) is 0 Å². The van der Waals surface area contributed by atoms with Gasteiger partial charge in [0.05, 0.1) is 0 Å². The van der Waals surface area contributed by atoms with E-state index in [-0.39, 0.29) is 12.1 Å². The molecule has 8 atom stereocenters. The van der Waals surface area contributed by atoms with Gasteiger partial charge in [0.15, 0.2) is 0 Å². The van der Waals surface area contributed by atoms with E-state index >= 15 is 0 Å². The van der Waals surface area contributed by atoms with Crippen LogP contribution in [0.15, 0.2) is 11.6 Å².